The van der Waals surface area contributed by atoms with Crippen molar-refractivity contribution in [2.24, 2.45) is 16.8 Å². The van der Waals surface area contributed by atoms with Gasteiger partial charge in [-0.05, 0) is 18.8 Å². The lowest BCUT2D eigenvalue weighted by Gasteiger charge is -2.19. The Kier molecular flexibility index (Phi) is 6.18. The fraction of sp³-hybridized carbons (Fsp3) is 0.909. The van der Waals surface area contributed by atoms with Crippen LogP contribution in [0.1, 0.15) is 26.2 Å². The van der Waals surface area contributed by atoms with Gasteiger partial charge in [0, 0.05) is 33.4 Å². The SMILES string of the molecule is CCC1CCN(C(=NCCCOC)NN)C1. The summed E-state index contributed by atoms with van der Waals surface area (Å²) < 4.78 is 4.98. The summed E-state index contributed by atoms with van der Waals surface area (Å²) in [6.07, 6.45) is 3.42. The van der Waals surface area contributed by atoms with E-state index in [0.29, 0.717) is 0 Å². The number of methoxy groups -OCH3 is 1. The summed E-state index contributed by atoms with van der Waals surface area (Å²) in [5, 5.41) is 0. The molecule has 0 bridgehead atoms. The van der Waals surface area contributed by atoms with Crippen molar-refractivity contribution < 1.29 is 4.74 Å². The molecule has 1 fully saturated rings. The average Bonchev–Trinajstić information content (AvgIpc) is 2.78. The third-order valence-electron chi connectivity index (χ3n) is 3.06. The maximum absolute atomic E-state index is 5.50. The average molecular weight is 228 g/mol. The van der Waals surface area contributed by atoms with Crippen molar-refractivity contribution in [1.29, 1.82) is 0 Å². The minimum Gasteiger partial charge on any atom is -0.385 e. The quantitative estimate of drug-likeness (QED) is 0.237. The van der Waals surface area contributed by atoms with E-state index in [1.165, 1.54) is 12.8 Å². The zero-order valence-corrected chi connectivity index (χ0v) is 10.4. The van der Waals surface area contributed by atoms with Gasteiger partial charge in [-0.15, -0.1) is 0 Å². The topological polar surface area (TPSA) is 62.9 Å². The first-order valence-electron chi connectivity index (χ1n) is 6.06. The highest BCUT2D eigenvalue weighted by Gasteiger charge is 2.22. The van der Waals surface area contributed by atoms with Crippen LogP contribution >= 0.6 is 0 Å². The van der Waals surface area contributed by atoms with Gasteiger partial charge in [-0.3, -0.25) is 10.4 Å². The largest absolute Gasteiger partial charge is 0.385 e. The van der Waals surface area contributed by atoms with E-state index in [2.05, 4.69) is 22.2 Å². The molecule has 0 aromatic heterocycles. The Labute approximate surface area is 98.0 Å². The summed E-state index contributed by atoms with van der Waals surface area (Å²) >= 11 is 0. The normalized spacial score (nSPS) is 21.6. The van der Waals surface area contributed by atoms with Crippen LogP contribution in [0, 0.1) is 5.92 Å². The van der Waals surface area contributed by atoms with Crippen LogP contribution < -0.4 is 11.3 Å². The molecule has 94 valence electrons. The maximum atomic E-state index is 5.50. The van der Waals surface area contributed by atoms with E-state index in [9.17, 15) is 0 Å². The van der Waals surface area contributed by atoms with Gasteiger partial charge in [0.15, 0.2) is 0 Å². The first-order chi connectivity index (χ1) is 7.81. The molecule has 5 heteroatoms. The predicted octanol–water partition coefficient (Wildman–Crippen LogP) is 0.574. The molecule has 1 aliphatic heterocycles. The van der Waals surface area contributed by atoms with E-state index in [1.54, 1.807) is 7.11 Å². The molecule has 0 aromatic carbocycles. The van der Waals surface area contributed by atoms with Gasteiger partial charge in [-0.25, -0.2) is 5.84 Å². The summed E-state index contributed by atoms with van der Waals surface area (Å²) in [6, 6.07) is 0. The highest BCUT2D eigenvalue weighted by Crippen LogP contribution is 2.18. The maximum Gasteiger partial charge on any atom is 0.208 e. The number of likely N-dealkylation sites (tertiary alicyclic amines) is 1. The molecule has 1 unspecified atom stereocenters. The molecular formula is C11H24N4O. The molecule has 16 heavy (non-hydrogen) atoms. The highest BCUT2D eigenvalue weighted by atomic mass is 16.5. The number of hydrazine groups is 1. The summed E-state index contributed by atoms with van der Waals surface area (Å²) in [6.45, 7) is 5.88. The molecule has 1 heterocycles. The summed E-state index contributed by atoms with van der Waals surface area (Å²) in [4.78, 5) is 6.69. The second-order valence-corrected chi connectivity index (χ2v) is 4.20. The Morgan fingerprint density at radius 1 is 1.62 bits per heavy atom. The van der Waals surface area contributed by atoms with E-state index < -0.39 is 0 Å². The standard InChI is InChI=1S/C11H24N4O/c1-3-10-5-7-15(9-10)11(14-12)13-6-4-8-16-2/h10H,3-9,12H2,1-2H3,(H,13,14). The smallest absolute Gasteiger partial charge is 0.208 e. The summed E-state index contributed by atoms with van der Waals surface area (Å²) in [5.41, 5.74) is 2.70. The molecule has 1 rings (SSSR count). The first kappa shape index (κ1) is 13.3. The Morgan fingerprint density at radius 3 is 3.00 bits per heavy atom. The van der Waals surface area contributed by atoms with Gasteiger partial charge in [0.1, 0.15) is 0 Å². The molecule has 1 aliphatic rings. The van der Waals surface area contributed by atoms with Gasteiger partial charge < -0.3 is 9.64 Å². The van der Waals surface area contributed by atoms with E-state index in [4.69, 9.17) is 10.6 Å². The Bertz CT molecular complexity index is 220. The molecule has 0 aliphatic carbocycles. The van der Waals surface area contributed by atoms with Crippen LogP contribution in [0.3, 0.4) is 0 Å². The van der Waals surface area contributed by atoms with Gasteiger partial charge in [0.05, 0.1) is 0 Å². The van der Waals surface area contributed by atoms with Gasteiger partial charge in [-0.1, -0.05) is 13.3 Å². The minimum absolute atomic E-state index is 0.749. The van der Waals surface area contributed by atoms with Crippen LogP contribution in [0.5, 0.6) is 0 Å². The lowest BCUT2D eigenvalue weighted by atomic mass is 10.1. The van der Waals surface area contributed by atoms with Crippen molar-refractivity contribution in [3.8, 4) is 0 Å². The lowest BCUT2D eigenvalue weighted by molar-refractivity contribution is 0.197. The van der Waals surface area contributed by atoms with Crippen molar-refractivity contribution in [2.75, 3.05) is 33.4 Å². The Balaban J connectivity index is 2.35. The molecule has 0 spiro atoms. The summed E-state index contributed by atoms with van der Waals surface area (Å²) in [5.74, 6) is 7.12. The molecule has 0 saturated carbocycles. The highest BCUT2D eigenvalue weighted by molar-refractivity contribution is 5.79. The second kappa shape index (κ2) is 7.46. The molecule has 1 atom stereocenters. The number of nitrogens with two attached hydrogens (primary N) is 1. The molecule has 0 amide bonds. The lowest BCUT2D eigenvalue weighted by Crippen LogP contribution is -2.43. The van der Waals surface area contributed by atoms with Crippen molar-refractivity contribution in [1.82, 2.24) is 10.3 Å². The Morgan fingerprint density at radius 2 is 2.44 bits per heavy atom. The number of ether oxygens (including phenoxy) is 1. The third-order valence-corrected chi connectivity index (χ3v) is 3.06. The monoisotopic (exact) mass is 228 g/mol. The zero-order valence-electron chi connectivity index (χ0n) is 10.4. The number of aliphatic imine (C=N–C) groups is 1. The zero-order chi connectivity index (χ0) is 11.8. The van der Waals surface area contributed by atoms with E-state index in [-0.39, 0.29) is 0 Å². The van der Waals surface area contributed by atoms with Crippen LogP contribution in [-0.4, -0.2) is 44.2 Å². The molecule has 5 nitrogen and oxygen atoms in total. The van der Waals surface area contributed by atoms with Gasteiger partial charge >= 0.3 is 0 Å². The van der Waals surface area contributed by atoms with Crippen molar-refractivity contribution in [2.45, 2.75) is 26.2 Å². The van der Waals surface area contributed by atoms with Crippen molar-refractivity contribution in [3.05, 3.63) is 0 Å². The summed E-state index contributed by atoms with van der Waals surface area (Å²) in [7, 11) is 1.71. The second-order valence-electron chi connectivity index (χ2n) is 4.20. The van der Waals surface area contributed by atoms with Crippen LogP contribution in [0.25, 0.3) is 0 Å². The first-order valence-corrected chi connectivity index (χ1v) is 6.06. The molecule has 1 saturated heterocycles. The fourth-order valence-electron chi connectivity index (χ4n) is 1.99. The molecule has 3 N–H and O–H groups in total. The number of nitrogens with zero attached hydrogens (tertiary/aromatic N) is 2. The third kappa shape index (κ3) is 3.98. The predicted molar refractivity (Wildman–Crippen MR) is 66.1 cm³/mol. The van der Waals surface area contributed by atoms with Gasteiger partial charge in [-0.2, -0.15) is 0 Å². The minimum atomic E-state index is 0.749. The fourth-order valence-corrected chi connectivity index (χ4v) is 1.99. The van der Waals surface area contributed by atoms with Gasteiger partial charge in [0.25, 0.3) is 0 Å². The molecule has 0 radical (unpaired) electrons. The van der Waals surface area contributed by atoms with Crippen LogP contribution in [0.2, 0.25) is 0 Å². The van der Waals surface area contributed by atoms with Crippen LogP contribution in [0.15, 0.2) is 4.99 Å². The van der Waals surface area contributed by atoms with E-state index >= 15 is 0 Å². The van der Waals surface area contributed by atoms with Gasteiger partial charge in [0.2, 0.25) is 5.96 Å². The Hall–Kier alpha value is -0.810. The van der Waals surface area contributed by atoms with E-state index in [0.717, 1.165) is 44.5 Å². The molecule has 0 aromatic rings. The van der Waals surface area contributed by atoms with Crippen molar-refractivity contribution in [3.63, 3.8) is 0 Å². The van der Waals surface area contributed by atoms with Crippen LogP contribution in [-0.2, 0) is 4.74 Å². The van der Waals surface area contributed by atoms with Crippen LogP contribution in [0.4, 0.5) is 0 Å². The number of hydrogen-bond donors (Lipinski definition) is 2. The number of hydrogen-bond acceptors (Lipinski definition) is 3. The van der Waals surface area contributed by atoms with Crippen molar-refractivity contribution >= 4 is 5.96 Å². The molecular weight excluding hydrogens is 204 g/mol. The van der Waals surface area contributed by atoms with E-state index in [1.807, 2.05) is 0 Å². The number of guanidine groups is 1. The number of rotatable bonds is 5. The number of nitrogens with one attached hydrogen (secondary N) is 1.